The van der Waals surface area contributed by atoms with Gasteiger partial charge in [0.15, 0.2) is 0 Å². The van der Waals surface area contributed by atoms with Gasteiger partial charge in [0.2, 0.25) is 0 Å². The lowest BCUT2D eigenvalue weighted by atomic mass is 10.3. The fourth-order valence-electron chi connectivity index (χ4n) is 0.385. The highest BCUT2D eigenvalue weighted by Gasteiger charge is 1.68. The molecule has 1 rings (SSSR count). The quantitative estimate of drug-likeness (QED) is 0.464. The zero-order valence-electron chi connectivity index (χ0n) is 14.6. The second kappa shape index (κ2) is 29.8. The van der Waals surface area contributed by atoms with E-state index in [0.717, 1.165) is 11.8 Å². The molecule has 18 heavy (non-hydrogen) atoms. The molecular weight excluding hydrogens is 216 g/mol. The van der Waals surface area contributed by atoms with Gasteiger partial charge in [0.05, 0.1) is 0 Å². The molecule has 0 unspecified atom stereocenters. The molecule has 0 N–H and O–H groups in total. The van der Waals surface area contributed by atoms with E-state index in [9.17, 15) is 0 Å². The van der Waals surface area contributed by atoms with Crippen LogP contribution in [0.2, 0.25) is 0 Å². The zero-order chi connectivity index (χ0) is 15.4. The Morgan fingerprint density at radius 3 is 0.500 bits per heavy atom. The first kappa shape index (κ1) is 25.9. The average molecular weight is 255 g/mol. The first-order valence-electron chi connectivity index (χ1n) is 7.46. The number of hydrogen-bond donors (Lipinski definition) is 0. The van der Waals surface area contributed by atoms with E-state index < -0.39 is 0 Å². The largest absolute Gasteiger partial charge is 0.0683 e. The maximum Gasteiger partial charge on any atom is -0.0500 e. The summed E-state index contributed by atoms with van der Waals surface area (Å²) >= 11 is 0. The Balaban J connectivity index is -0.0000000737. The Labute approximate surface area is 118 Å². The Morgan fingerprint density at radius 2 is 0.444 bits per heavy atom. The zero-order valence-corrected chi connectivity index (χ0v) is 14.6. The van der Waals surface area contributed by atoms with Crippen LogP contribution in [0.5, 0.6) is 0 Å². The molecule has 0 heteroatoms. The van der Waals surface area contributed by atoms with Crippen LogP contribution >= 0.6 is 0 Å². The van der Waals surface area contributed by atoms with Gasteiger partial charge < -0.3 is 0 Å². The highest BCUT2D eigenvalue weighted by molar-refractivity contribution is 4.99. The minimum Gasteiger partial charge on any atom is -0.0683 e. The van der Waals surface area contributed by atoms with Crippen molar-refractivity contribution >= 4 is 0 Å². The van der Waals surface area contributed by atoms with Gasteiger partial charge in [-0.1, -0.05) is 106 Å². The summed E-state index contributed by atoms with van der Waals surface area (Å²) in [7, 11) is 0. The van der Waals surface area contributed by atoms with E-state index in [2.05, 4.69) is 41.5 Å². The summed E-state index contributed by atoms with van der Waals surface area (Å²) < 4.78 is 0. The van der Waals surface area contributed by atoms with E-state index in [1.54, 1.807) is 0 Å². The van der Waals surface area contributed by atoms with Gasteiger partial charge in [0.1, 0.15) is 0 Å². The average Bonchev–Trinajstić information content (AvgIpc) is 2.35. The topological polar surface area (TPSA) is 0 Å². The molecule has 0 aromatic heterocycles. The first-order chi connectivity index (χ1) is 8.46. The van der Waals surface area contributed by atoms with Crippen LogP contribution < -0.4 is 0 Å². The minimum absolute atomic E-state index is 0.833. The molecule has 0 aliphatic heterocycles. The molecule has 0 aliphatic carbocycles. The lowest BCUT2D eigenvalue weighted by Crippen LogP contribution is -1.66. The minimum atomic E-state index is 0.833. The second-order valence-corrected chi connectivity index (χ2v) is 4.62. The molecule has 1 aromatic rings. The molecule has 0 radical (unpaired) electrons. The van der Waals surface area contributed by atoms with Crippen molar-refractivity contribution in [2.75, 3.05) is 0 Å². The third kappa shape index (κ3) is 113. The van der Waals surface area contributed by atoms with E-state index in [-0.39, 0.29) is 0 Å². The summed E-state index contributed by atoms with van der Waals surface area (Å²) in [6.07, 6.45) is 0. The van der Waals surface area contributed by atoms with Crippen LogP contribution in [0.3, 0.4) is 0 Å². The Bertz CT molecular complexity index is 124. The van der Waals surface area contributed by atoms with Crippen molar-refractivity contribution < 1.29 is 0 Å². The van der Waals surface area contributed by atoms with Crippen LogP contribution in [0.25, 0.3) is 0 Å². The highest BCUT2D eigenvalue weighted by atomic mass is 13.7. The van der Waals surface area contributed by atoms with Gasteiger partial charge in [-0.25, -0.2) is 0 Å². The van der Waals surface area contributed by atoms with Crippen LogP contribution in [0, 0.1) is 11.8 Å². The molecule has 1 aromatic carbocycles. The first-order valence-corrected chi connectivity index (χ1v) is 7.46. The molecule has 110 valence electrons. The van der Waals surface area contributed by atoms with Gasteiger partial charge in [-0.2, -0.15) is 0 Å². The Kier molecular flexibility index (Phi) is 43.0. The van der Waals surface area contributed by atoms with Crippen molar-refractivity contribution in [2.45, 2.75) is 69.2 Å². The summed E-state index contributed by atoms with van der Waals surface area (Å²) in [5.74, 6) is 1.67. The molecule has 0 saturated carbocycles. The molecular formula is C18H38. The highest BCUT2D eigenvalue weighted by Crippen LogP contribution is 1.81. The second-order valence-electron chi connectivity index (χ2n) is 4.62. The summed E-state index contributed by atoms with van der Waals surface area (Å²) in [4.78, 5) is 0. The van der Waals surface area contributed by atoms with Gasteiger partial charge in [-0.3, -0.25) is 0 Å². The predicted octanol–water partition coefficient (Wildman–Crippen LogP) is 7.06. The van der Waals surface area contributed by atoms with Crippen molar-refractivity contribution in [3.63, 3.8) is 0 Å². The van der Waals surface area contributed by atoms with Crippen molar-refractivity contribution in [2.24, 2.45) is 11.8 Å². The SMILES string of the molecule is CC.CC.CC(C)C.CC(C)C.c1ccccc1. The van der Waals surface area contributed by atoms with Gasteiger partial charge in [0, 0.05) is 0 Å². The maximum absolute atomic E-state index is 2.17. The summed E-state index contributed by atoms with van der Waals surface area (Å²) in [6.45, 7) is 21.0. The number of hydrogen-bond acceptors (Lipinski definition) is 0. The number of rotatable bonds is 0. The van der Waals surface area contributed by atoms with Crippen molar-refractivity contribution in [3.05, 3.63) is 36.4 Å². The summed E-state index contributed by atoms with van der Waals surface area (Å²) in [5.41, 5.74) is 0. The van der Waals surface area contributed by atoms with Crippen LogP contribution in [0.15, 0.2) is 36.4 Å². The van der Waals surface area contributed by atoms with Crippen molar-refractivity contribution in [3.8, 4) is 0 Å². The molecule has 0 bridgehead atoms. The van der Waals surface area contributed by atoms with E-state index >= 15 is 0 Å². The van der Waals surface area contributed by atoms with Gasteiger partial charge in [-0.15, -0.1) is 0 Å². The van der Waals surface area contributed by atoms with Crippen molar-refractivity contribution in [1.82, 2.24) is 0 Å². The molecule has 0 fully saturated rings. The number of benzene rings is 1. The molecule has 0 nitrogen and oxygen atoms in total. The maximum atomic E-state index is 2.17. The molecule has 0 spiro atoms. The van der Waals surface area contributed by atoms with Gasteiger partial charge in [0.25, 0.3) is 0 Å². The smallest absolute Gasteiger partial charge is 0.0500 e. The third-order valence-electron chi connectivity index (χ3n) is 0.667. The predicted molar refractivity (Wildman–Crippen MR) is 90.2 cm³/mol. The Morgan fingerprint density at radius 1 is 0.389 bits per heavy atom. The fourth-order valence-corrected chi connectivity index (χ4v) is 0.385. The van der Waals surface area contributed by atoms with Crippen LogP contribution in [0.1, 0.15) is 69.2 Å². The van der Waals surface area contributed by atoms with Gasteiger partial charge >= 0.3 is 0 Å². The molecule has 0 aliphatic rings. The monoisotopic (exact) mass is 254 g/mol. The van der Waals surface area contributed by atoms with E-state index in [4.69, 9.17) is 0 Å². The molecule has 0 atom stereocenters. The summed E-state index contributed by atoms with van der Waals surface area (Å²) in [6, 6.07) is 12.0. The molecule has 0 amide bonds. The third-order valence-corrected chi connectivity index (χ3v) is 0.667. The van der Waals surface area contributed by atoms with Crippen molar-refractivity contribution in [1.29, 1.82) is 0 Å². The molecule has 0 saturated heterocycles. The van der Waals surface area contributed by atoms with E-state index in [1.807, 2.05) is 64.1 Å². The van der Waals surface area contributed by atoms with E-state index in [0.29, 0.717) is 0 Å². The van der Waals surface area contributed by atoms with Crippen LogP contribution in [-0.2, 0) is 0 Å². The standard InChI is InChI=1S/C6H6.2C4H10.2C2H6/c1-2-4-6-5-3-1;2*1-4(2)3;2*1-2/h1-6H;2*4H,1-3H3;2*1-2H3. The van der Waals surface area contributed by atoms with E-state index in [1.165, 1.54) is 0 Å². The lowest BCUT2D eigenvalue weighted by molar-refractivity contribution is 0.736. The molecule has 0 heterocycles. The van der Waals surface area contributed by atoms with Gasteiger partial charge in [-0.05, 0) is 11.8 Å². The normalized spacial score (nSPS) is 7.33. The fraction of sp³-hybridized carbons (Fsp3) is 0.667. The summed E-state index contributed by atoms with van der Waals surface area (Å²) in [5, 5.41) is 0. The van der Waals surface area contributed by atoms with Crippen LogP contribution in [0.4, 0.5) is 0 Å². The lowest BCUT2D eigenvalue weighted by Gasteiger charge is -1.79. The van der Waals surface area contributed by atoms with Crippen LogP contribution in [-0.4, -0.2) is 0 Å². The Hall–Kier alpha value is -0.780.